The summed E-state index contributed by atoms with van der Waals surface area (Å²) in [5.74, 6) is 0.282. The lowest BCUT2D eigenvalue weighted by atomic mass is 10.2. The number of rotatable bonds is 1. The topological polar surface area (TPSA) is 54.0 Å². The van der Waals surface area contributed by atoms with Crippen molar-refractivity contribution in [2.45, 2.75) is 0 Å². The van der Waals surface area contributed by atoms with Gasteiger partial charge < -0.3 is 4.42 Å². The molecule has 0 fully saturated rings. The standard InChI is InChI=1S/C10H5NO2/c11-5-7-1-2-8-4-9(6-12)13-10(8)3-7/h1-4,6H. The highest BCUT2D eigenvalue weighted by atomic mass is 16.3. The van der Waals surface area contributed by atoms with Crippen molar-refractivity contribution < 1.29 is 9.21 Å². The predicted molar refractivity (Wildman–Crippen MR) is 46.3 cm³/mol. The van der Waals surface area contributed by atoms with Crippen molar-refractivity contribution in [1.82, 2.24) is 0 Å². The number of fused-ring (bicyclic) bond motifs is 1. The average Bonchev–Trinajstić information content (AvgIpc) is 2.58. The highest BCUT2D eigenvalue weighted by Crippen LogP contribution is 2.19. The van der Waals surface area contributed by atoms with E-state index in [1.54, 1.807) is 24.3 Å². The van der Waals surface area contributed by atoms with Gasteiger partial charge in [-0.3, -0.25) is 4.79 Å². The van der Waals surface area contributed by atoms with Crippen molar-refractivity contribution in [2.75, 3.05) is 0 Å². The smallest absolute Gasteiger partial charge is 0.185 e. The fourth-order valence-corrected chi connectivity index (χ4v) is 1.18. The largest absolute Gasteiger partial charge is 0.453 e. The minimum atomic E-state index is 0.282. The highest BCUT2D eigenvalue weighted by molar-refractivity contribution is 5.85. The van der Waals surface area contributed by atoms with Crippen LogP contribution in [0.2, 0.25) is 0 Å². The molecular weight excluding hydrogens is 166 g/mol. The third-order valence-electron chi connectivity index (χ3n) is 1.78. The summed E-state index contributed by atoms with van der Waals surface area (Å²) in [6, 6.07) is 8.70. The number of carbonyl (C=O) groups excluding carboxylic acids is 1. The molecule has 0 saturated carbocycles. The zero-order chi connectivity index (χ0) is 9.26. The van der Waals surface area contributed by atoms with Crippen LogP contribution in [0.1, 0.15) is 16.1 Å². The van der Waals surface area contributed by atoms with Gasteiger partial charge in [-0.15, -0.1) is 0 Å². The van der Waals surface area contributed by atoms with Gasteiger partial charge in [-0.05, 0) is 24.3 Å². The van der Waals surface area contributed by atoms with Crippen LogP contribution in [0.4, 0.5) is 0 Å². The van der Waals surface area contributed by atoms with Crippen molar-refractivity contribution in [3.8, 4) is 6.07 Å². The van der Waals surface area contributed by atoms with E-state index in [1.165, 1.54) is 0 Å². The molecule has 0 atom stereocenters. The second-order valence-corrected chi connectivity index (χ2v) is 2.63. The molecule has 0 unspecified atom stereocenters. The maximum absolute atomic E-state index is 10.4. The molecule has 0 aliphatic rings. The van der Waals surface area contributed by atoms with Gasteiger partial charge in [0.05, 0.1) is 11.6 Å². The Morgan fingerprint density at radius 2 is 2.23 bits per heavy atom. The Hall–Kier alpha value is -2.08. The van der Waals surface area contributed by atoms with Crippen molar-refractivity contribution in [3.63, 3.8) is 0 Å². The van der Waals surface area contributed by atoms with Crippen molar-refractivity contribution >= 4 is 17.3 Å². The number of nitriles is 1. The van der Waals surface area contributed by atoms with E-state index in [1.807, 2.05) is 6.07 Å². The van der Waals surface area contributed by atoms with Gasteiger partial charge in [-0.2, -0.15) is 5.26 Å². The minimum Gasteiger partial charge on any atom is -0.453 e. The summed E-state index contributed by atoms with van der Waals surface area (Å²) in [6.07, 6.45) is 0.645. The van der Waals surface area contributed by atoms with E-state index in [9.17, 15) is 4.79 Å². The van der Waals surface area contributed by atoms with Crippen molar-refractivity contribution in [3.05, 3.63) is 35.6 Å². The molecule has 0 bridgehead atoms. The molecular formula is C10H5NO2. The Morgan fingerprint density at radius 1 is 1.38 bits per heavy atom. The molecule has 2 rings (SSSR count). The van der Waals surface area contributed by atoms with Crippen LogP contribution in [0, 0.1) is 11.3 Å². The fraction of sp³-hybridized carbons (Fsp3) is 0. The Bertz CT molecular complexity index is 505. The van der Waals surface area contributed by atoms with Crippen molar-refractivity contribution in [2.24, 2.45) is 0 Å². The zero-order valence-electron chi connectivity index (χ0n) is 6.65. The summed E-state index contributed by atoms with van der Waals surface area (Å²) in [5.41, 5.74) is 1.10. The number of aldehydes is 1. The first kappa shape index (κ1) is 7.56. The van der Waals surface area contributed by atoms with E-state index < -0.39 is 0 Å². The molecule has 1 aromatic heterocycles. The van der Waals surface area contributed by atoms with Gasteiger partial charge >= 0.3 is 0 Å². The Morgan fingerprint density at radius 3 is 2.92 bits per heavy atom. The van der Waals surface area contributed by atoms with Crippen LogP contribution in [0.15, 0.2) is 28.7 Å². The first-order valence-corrected chi connectivity index (χ1v) is 3.72. The molecule has 3 heteroatoms. The van der Waals surface area contributed by atoms with Gasteiger partial charge in [0.1, 0.15) is 5.58 Å². The van der Waals surface area contributed by atoms with E-state index in [0.29, 0.717) is 17.4 Å². The first-order chi connectivity index (χ1) is 6.33. The molecule has 62 valence electrons. The van der Waals surface area contributed by atoms with Crippen LogP contribution >= 0.6 is 0 Å². The van der Waals surface area contributed by atoms with E-state index in [4.69, 9.17) is 9.68 Å². The van der Waals surface area contributed by atoms with Crippen LogP contribution in [0.3, 0.4) is 0 Å². The Kier molecular flexibility index (Phi) is 1.60. The summed E-state index contributed by atoms with van der Waals surface area (Å²) in [6.45, 7) is 0. The molecule has 3 nitrogen and oxygen atoms in total. The maximum atomic E-state index is 10.4. The second-order valence-electron chi connectivity index (χ2n) is 2.63. The third kappa shape index (κ3) is 1.18. The number of hydrogen-bond donors (Lipinski definition) is 0. The molecule has 0 saturated heterocycles. The van der Waals surface area contributed by atoms with E-state index in [-0.39, 0.29) is 5.76 Å². The van der Waals surface area contributed by atoms with E-state index >= 15 is 0 Å². The highest BCUT2D eigenvalue weighted by Gasteiger charge is 2.02. The van der Waals surface area contributed by atoms with Gasteiger partial charge in [0.25, 0.3) is 0 Å². The quantitative estimate of drug-likeness (QED) is 0.617. The lowest BCUT2D eigenvalue weighted by Crippen LogP contribution is -1.70. The Balaban J connectivity index is 2.72. The SMILES string of the molecule is N#Cc1ccc2cc(C=O)oc2c1. The molecule has 0 radical (unpaired) electrons. The van der Waals surface area contributed by atoms with Crippen LogP contribution in [0.25, 0.3) is 11.0 Å². The van der Waals surface area contributed by atoms with Crippen LogP contribution in [-0.4, -0.2) is 6.29 Å². The van der Waals surface area contributed by atoms with E-state index in [0.717, 1.165) is 5.39 Å². The van der Waals surface area contributed by atoms with Crippen LogP contribution < -0.4 is 0 Å². The Labute approximate surface area is 74.2 Å². The molecule has 0 N–H and O–H groups in total. The molecule has 2 aromatic rings. The monoisotopic (exact) mass is 171 g/mol. The van der Waals surface area contributed by atoms with Crippen LogP contribution in [0.5, 0.6) is 0 Å². The second kappa shape index (κ2) is 2.76. The van der Waals surface area contributed by atoms with Gasteiger partial charge in [0, 0.05) is 5.39 Å². The number of carbonyl (C=O) groups is 1. The third-order valence-corrected chi connectivity index (χ3v) is 1.78. The lowest BCUT2D eigenvalue weighted by Gasteiger charge is -1.87. The molecule has 0 spiro atoms. The number of hydrogen-bond acceptors (Lipinski definition) is 3. The molecule has 1 aromatic carbocycles. The van der Waals surface area contributed by atoms with E-state index in [2.05, 4.69) is 0 Å². The predicted octanol–water partition coefficient (Wildman–Crippen LogP) is 2.12. The summed E-state index contributed by atoms with van der Waals surface area (Å²) >= 11 is 0. The van der Waals surface area contributed by atoms with Crippen molar-refractivity contribution in [1.29, 1.82) is 5.26 Å². The maximum Gasteiger partial charge on any atom is 0.185 e. The molecule has 0 aliphatic carbocycles. The fourth-order valence-electron chi connectivity index (χ4n) is 1.18. The van der Waals surface area contributed by atoms with Gasteiger partial charge in [-0.25, -0.2) is 0 Å². The summed E-state index contributed by atoms with van der Waals surface area (Å²) < 4.78 is 5.14. The molecule has 1 heterocycles. The van der Waals surface area contributed by atoms with Gasteiger partial charge in [-0.1, -0.05) is 0 Å². The number of benzene rings is 1. The number of furan rings is 1. The van der Waals surface area contributed by atoms with Gasteiger partial charge in [0.2, 0.25) is 0 Å². The van der Waals surface area contributed by atoms with Gasteiger partial charge in [0.15, 0.2) is 12.0 Å². The zero-order valence-corrected chi connectivity index (χ0v) is 6.65. The summed E-state index contributed by atoms with van der Waals surface area (Å²) in [4.78, 5) is 10.4. The summed E-state index contributed by atoms with van der Waals surface area (Å²) in [5, 5.41) is 9.43. The molecule has 0 amide bonds. The first-order valence-electron chi connectivity index (χ1n) is 3.72. The number of nitrogens with zero attached hydrogens (tertiary/aromatic N) is 1. The minimum absolute atomic E-state index is 0.282. The normalized spacial score (nSPS) is 9.77. The van der Waals surface area contributed by atoms with Crippen LogP contribution in [-0.2, 0) is 0 Å². The molecule has 0 aliphatic heterocycles. The lowest BCUT2D eigenvalue weighted by molar-refractivity contribution is 0.110. The average molecular weight is 171 g/mol. The molecule has 13 heavy (non-hydrogen) atoms. The summed E-state index contributed by atoms with van der Waals surface area (Å²) in [7, 11) is 0.